The van der Waals surface area contributed by atoms with Crippen LogP contribution >= 0.6 is 11.8 Å². The molecule has 100 valence electrons. The third kappa shape index (κ3) is 3.32. The molecule has 0 radical (unpaired) electrons. The van der Waals surface area contributed by atoms with Crippen LogP contribution in [-0.2, 0) is 14.3 Å². The van der Waals surface area contributed by atoms with Crippen LogP contribution in [0.15, 0.2) is 10.6 Å². The lowest BCUT2D eigenvalue weighted by Gasteiger charge is -2.12. The molecule has 1 unspecified atom stereocenters. The average Bonchev–Trinajstić information content (AvgIpc) is 2.67. The molecule has 0 bridgehead atoms. The maximum Gasteiger partial charge on any atom is 0.322 e. The SMILES string of the molecule is CCOC(=O)C(CC)CC1=C([N+](=O)[O-])C(=O)CS1. The lowest BCUT2D eigenvalue weighted by Crippen LogP contribution is -2.18. The van der Waals surface area contributed by atoms with Gasteiger partial charge in [0, 0.05) is 0 Å². The zero-order valence-corrected chi connectivity index (χ0v) is 11.1. The van der Waals surface area contributed by atoms with Crippen molar-refractivity contribution in [2.24, 2.45) is 5.92 Å². The molecule has 1 aliphatic rings. The van der Waals surface area contributed by atoms with Crippen molar-refractivity contribution in [1.29, 1.82) is 0 Å². The Balaban J connectivity index is 2.84. The third-order valence-corrected chi connectivity index (χ3v) is 3.75. The fraction of sp³-hybridized carbons (Fsp3) is 0.636. The van der Waals surface area contributed by atoms with Crippen molar-refractivity contribution >= 4 is 23.5 Å². The summed E-state index contributed by atoms with van der Waals surface area (Å²) in [5.41, 5.74) is -0.359. The van der Waals surface area contributed by atoms with Crippen LogP contribution in [0.4, 0.5) is 0 Å². The molecule has 0 aromatic rings. The smallest absolute Gasteiger partial charge is 0.322 e. The van der Waals surface area contributed by atoms with Crippen molar-refractivity contribution < 1.29 is 19.2 Å². The highest BCUT2D eigenvalue weighted by Crippen LogP contribution is 2.35. The maximum absolute atomic E-state index is 11.6. The molecular formula is C11H15NO5S. The molecule has 1 atom stereocenters. The van der Waals surface area contributed by atoms with Gasteiger partial charge in [-0.05, 0) is 19.8 Å². The van der Waals surface area contributed by atoms with Gasteiger partial charge >= 0.3 is 11.7 Å². The topological polar surface area (TPSA) is 86.5 Å². The summed E-state index contributed by atoms with van der Waals surface area (Å²) in [5, 5.41) is 10.8. The van der Waals surface area contributed by atoms with E-state index in [1.165, 1.54) is 0 Å². The van der Waals surface area contributed by atoms with Gasteiger partial charge in [0.15, 0.2) is 0 Å². The maximum atomic E-state index is 11.6. The van der Waals surface area contributed by atoms with Crippen molar-refractivity contribution in [2.45, 2.75) is 26.7 Å². The highest BCUT2D eigenvalue weighted by molar-refractivity contribution is 8.04. The number of hydrogen-bond acceptors (Lipinski definition) is 6. The number of Topliss-reactive ketones (excluding diaryl/α,β-unsaturated/α-hetero) is 1. The van der Waals surface area contributed by atoms with Gasteiger partial charge in [-0.2, -0.15) is 0 Å². The van der Waals surface area contributed by atoms with Crippen LogP contribution in [0, 0.1) is 16.0 Å². The lowest BCUT2D eigenvalue weighted by atomic mass is 10.0. The van der Waals surface area contributed by atoms with Crippen LogP contribution in [-0.4, -0.2) is 29.0 Å². The highest BCUT2D eigenvalue weighted by Gasteiger charge is 2.36. The Kier molecular flexibility index (Phi) is 5.33. The molecule has 0 N–H and O–H groups in total. The third-order valence-electron chi connectivity index (χ3n) is 2.63. The second kappa shape index (κ2) is 6.53. The Morgan fingerprint density at radius 2 is 2.22 bits per heavy atom. The molecule has 0 saturated heterocycles. The second-order valence-corrected chi connectivity index (χ2v) is 4.87. The van der Waals surface area contributed by atoms with Crippen LogP contribution < -0.4 is 0 Å². The first-order chi connectivity index (χ1) is 8.51. The van der Waals surface area contributed by atoms with E-state index in [2.05, 4.69) is 0 Å². The van der Waals surface area contributed by atoms with E-state index in [4.69, 9.17) is 4.74 Å². The van der Waals surface area contributed by atoms with Gasteiger partial charge in [-0.1, -0.05) is 6.92 Å². The molecule has 0 aliphatic carbocycles. The van der Waals surface area contributed by atoms with Crippen LogP contribution in [0.3, 0.4) is 0 Å². The summed E-state index contributed by atoms with van der Waals surface area (Å²) in [6, 6.07) is 0. The molecule has 0 amide bonds. The first-order valence-corrected chi connectivity index (χ1v) is 6.69. The number of ketones is 1. The van der Waals surface area contributed by atoms with Crippen LogP contribution in [0.25, 0.3) is 0 Å². The van der Waals surface area contributed by atoms with Crippen LogP contribution in [0.1, 0.15) is 26.7 Å². The number of carbonyl (C=O) groups excluding carboxylic acids is 2. The molecule has 0 spiro atoms. The minimum absolute atomic E-state index is 0.0882. The number of rotatable bonds is 6. The standard InChI is InChI=1S/C11H15NO5S/c1-3-7(11(14)17-4-2)5-9-10(12(15)16)8(13)6-18-9/h7H,3-6H2,1-2H3. The van der Waals surface area contributed by atoms with Crippen LogP contribution in [0.5, 0.6) is 0 Å². The number of allylic oxidation sites excluding steroid dienone is 2. The number of nitro groups is 1. The molecule has 1 rings (SSSR count). The summed E-state index contributed by atoms with van der Waals surface area (Å²) in [4.78, 5) is 33.5. The fourth-order valence-corrected chi connectivity index (χ4v) is 2.77. The fourth-order valence-electron chi connectivity index (χ4n) is 1.68. The number of nitrogens with zero attached hydrogens (tertiary/aromatic N) is 1. The van der Waals surface area contributed by atoms with E-state index in [1.54, 1.807) is 6.92 Å². The zero-order chi connectivity index (χ0) is 13.7. The van der Waals surface area contributed by atoms with Crippen molar-refractivity contribution in [3.05, 3.63) is 20.7 Å². The van der Waals surface area contributed by atoms with Gasteiger partial charge in [0.05, 0.1) is 28.1 Å². The van der Waals surface area contributed by atoms with Crippen molar-refractivity contribution in [3.63, 3.8) is 0 Å². The molecule has 7 heteroatoms. The van der Waals surface area contributed by atoms with E-state index >= 15 is 0 Å². The van der Waals surface area contributed by atoms with Gasteiger partial charge in [0.1, 0.15) is 0 Å². The average molecular weight is 273 g/mol. The van der Waals surface area contributed by atoms with E-state index < -0.39 is 16.6 Å². The van der Waals surface area contributed by atoms with Gasteiger partial charge in [-0.3, -0.25) is 19.7 Å². The number of ether oxygens (including phenoxy) is 1. The minimum atomic E-state index is -0.657. The molecule has 0 aromatic carbocycles. The Bertz CT molecular complexity index is 404. The summed E-state index contributed by atoms with van der Waals surface area (Å²) in [6.07, 6.45) is 0.740. The van der Waals surface area contributed by atoms with Gasteiger partial charge < -0.3 is 4.74 Å². The first kappa shape index (κ1) is 14.7. The molecule has 6 nitrogen and oxygen atoms in total. The Morgan fingerprint density at radius 1 is 1.56 bits per heavy atom. The summed E-state index contributed by atoms with van der Waals surface area (Å²) in [7, 11) is 0. The molecule has 0 aromatic heterocycles. The highest BCUT2D eigenvalue weighted by atomic mass is 32.2. The first-order valence-electron chi connectivity index (χ1n) is 5.71. The van der Waals surface area contributed by atoms with Crippen LogP contribution in [0.2, 0.25) is 0 Å². The normalized spacial score (nSPS) is 16.9. The molecule has 18 heavy (non-hydrogen) atoms. The Hall–Kier alpha value is -1.37. The zero-order valence-electron chi connectivity index (χ0n) is 10.3. The van der Waals surface area contributed by atoms with Gasteiger partial charge in [-0.25, -0.2) is 0 Å². The predicted molar refractivity (Wildman–Crippen MR) is 66.5 cm³/mol. The van der Waals surface area contributed by atoms with Gasteiger partial charge in [0.2, 0.25) is 5.78 Å². The molecular weight excluding hydrogens is 258 g/mol. The summed E-state index contributed by atoms with van der Waals surface area (Å²) in [6.45, 7) is 3.80. The molecule has 0 fully saturated rings. The monoisotopic (exact) mass is 273 g/mol. The van der Waals surface area contributed by atoms with E-state index in [0.29, 0.717) is 11.3 Å². The van der Waals surface area contributed by atoms with E-state index in [0.717, 1.165) is 11.8 Å². The lowest BCUT2D eigenvalue weighted by molar-refractivity contribution is -0.419. The quantitative estimate of drug-likeness (QED) is 0.416. The number of hydrogen-bond donors (Lipinski definition) is 0. The van der Waals surface area contributed by atoms with E-state index in [1.807, 2.05) is 6.92 Å². The Labute approximate surface area is 109 Å². The van der Waals surface area contributed by atoms with Gasteiger partial charge in [-0.15, -0.1) is 11.8 Å². The summed E-state index contributed by atoms with van der Waals surface area (Å²) in [5.74, 6) is -1.17. The molecule has 1 heterocycles. The minimum Gasteiger partial charge on any atom is -0.466 e. The van der Waals surface area contributed by atoms with Crippen molar-refractivity contribution in [1.82, 2.24) is 0 Å². The largest absolute Gasteiger partial charge is 0.466 e. The number of carbonyl (C=O) groups is 2. The molecule has 0 saturated carbocycles. The Morgan fingerprint density at radius 3 is 2.72 bits per heavy atom. The van der Waals surface area contributed by atoms with E-state index in [9.17, 15) is 19.7 Å². The summed E-state index contributed by atoms with van der Waals surface area (Å²) < 4.78 is 4.90. The second-order valence-electron chi connectivity index (χ2n) is 3.80. The van der Waals surface area contributed by atoms with Gasteiger partial charge in [0.25, 0.3) is 0 Å². The number of esters is 1. The predicted octanol–water partition coefficient (Wildman–Crippen LogP) is 1.77. The van der Waals surface area contributed by atoms with E-state index in [-0.39, 0.29) is 30.4 Å². The van der Waals surface area contributed by atoms with Crippen molar-refractivity contribution in [2.75, 3.05) is 12.4 Å². The number of thioether (sulfide) groups is 1. The molecule has 1 aliphatic heterocycles. The summed E-state index contributed by atoms with van der Waals surface area (Å²) >= 11 is 1.15. The van der Waals surface area contributed by atoms with Crippen molar-refractivity contribution in [3.8, 4) is 0 Å².